The highest BCUT2D eigenvalue weighted by Crippen LogP contribution is 1.86. The van der Waals surface area contributed by atoms with Crippen LogP contribution in [0.3, 0.4) is 0 Å². The van der Waals surface area contributed by atoms with Gasteiger partial charge in [-0.2, -0.15) is 0 Å². The molecule has 0 aliphatic rings. The van der Waals surface area contributed by atoms with Crippen LogP contribution >= 0.6 is 0 Å². The Morgan fingerprint density at radius 3 is 2.88 bits per heavy atom. The van der Waals surface area contributed by atoms with Gasteiger partial charge in [0.05, 0.1) is 0 Å². The van der Waals surface area contributed by atoms with Gasteiger partial charge in [0.1, 0.15) is 5.83 Å². The lowest BCUT2D eigenvalue weighted by Crippen LogP contribution is -2.07. The minimum Gasteiger partial charge on any atom is -0.389 e. The molecule has 8 heavy (non-hydrogen) atoms. The van der Waals surface area contributed by atoms with Crippen molar-refractivity contribution in [1.29, 1.82) is 0 Å². The van der Waals surface area contributed by atoms with Crippen LogP contribution in [0.5, 0.6) is 0 Å². The van der Waals surface area contributed by atoms with E-state index in [9.17, 15) is 4.39 Å². The average Bonchev–Trinajstić information content (AvgIpc) is 1.83. The number of nitrogens with one attached hydrogen (secondary N) is 1. The van der Waals surface area contributed by atoms with Gasteiger partial charge >= 0.3 is 0 Å². The van der Waals surface area contributed by atoms with Gasteiger partial charge in [0.25, 0.3) is 0 Å². The van der Waals surface area contributed by atoms with Gasteiger partial charge in [0, 0.05) is 19.3 Å². The van der Waals surface area contributed by atoms with Crippen molar-refractivity contribution in [2.75, 3.05) is 13.1 Å². The molecule has 0 aliphatic carbocycles. The standard InChI is InChI=1S/C5H11FN2/c1-2-8-4-5(6)3-7/h4,8H,2-3,7H2,1H3/b5-4-. The highest BCUT2D eigenvalue weighted by molar-refractivity contribution is 4.90. The van der Waals surface area contributed by atoms with Crippen LogP contribution in [0.1, 0.15) is 6.92 Å². The lowest BCUT2D eigenvalue weighted by atomic mass is 10.5. The fourth-order valence-electron chi connectivity index (χ4n) is 0.272. The van der Waals surface area contributed by atoms with Crippen LogP contribution in [0.15, 0.2) is 12.0 Å². The van der Waals surface area contributed by atoms with E-state index in [2.05, 4.69) is 5.32 Å². The second-order valence-electron chi connectivity index (χ2n) is 1.35. The summed E-state index contributed by atoms with van der Waals surface area (Å²) in [5, 5.41) is 2.68. The van der Waals surface area contributed by atoms with Crippen LogP contribution in [-0.2, 0) is 0 Å². The molecule has 0 aliphatic heterocycles. The molecule has 0 bridgehead atoms. The van der Waals surface area contributed by atoms with Crippen LogP contribution in [0.25, 0.3) is 0 Å². The van der Waals surface area contributed by atoms with Crippen molar-refractivity contribution in [1.82, 2.24) is 5.32 Å². The normalized spacial score (nSPS) is 11.6. The van der Waals surface area contributed by atoms with Gasteiger partial charge in [-0.15, -0.1) is 0 Å². The topological polar surface area (TPSA) is 38.0 Å². The van der Waals surface area contributed by atoms with E-state index in [1.54, 1.807) is 0 Å². The Bertz CT molecular complexity index is 80.5. The van der Waals surface area contributed by atoms with Crippen LogP contribution in [0.2, 0.25) is 0 Å². The zero-order chi connectivity index (χ0) is 6.41. The van der Waals surface area contributed by atoms with Crippen molar-refractivity contribution in [3.05, 3.63) is 12.0 Å². The fraction of sp³-hybridized carbons (Fsp3) is 0.600. The van der Waals surface area contributed by atoms with Crippen molar-refractivity contribution in [2.24, 2.45) is 5.73 Å². The molecule has 0 spiro atoms. The molecular formula is C5H11FN2. The molecule has 0 saturated carbocycles. The molecular weight excluding hydrogens is 107 g/mol. The van der Waals surface area contributed by atoms with Crippen LogP contribution in [0.4, 0.5) is 4.39 Å². The molecule has 0 unspecified atom stereocenters. The highest BCUT2D eigenvalue weighted by Gasteiger charge is 1.83. The van der Waals surface area contributed by atoms with E-state index in [1.807, 2.05) is 6.92 Å². The van der Waals surface area contributed by atoms with Gasteiger partial charge in [-0.1, -0.05) is 0 Å². The van der Waals surface area contributed by atoms with Gasteiger partial charge in [-0.3, -0.25) is 0 Å². The average molecular weight is 118 g/mol. The zero-order valence-electron chi connectivity index (χ0n) is 4.95. The molecule has 0 saturated heterocycles. The van der Waals surface area contributed by atoms with E-state index < -0.39 is 0 Å². The predicted octanol–water partition coefficient (Wildman–Crippen LogP) is 0.366. The number of hydrogen-bond donors (Lipinski definition) is 2. The Morgan fingerprint density at radius 2 is 2.50 bits per heavy atom. The fourth-order valence-corrected chi connectivity index (χ4v) is 0.272. The molecule has 0 rings (SSSR count). The quantitative estimate of drug-likeness (QED) is 0.561. The van der Waals surface area contributed by atoms with Crippen molar-refractivity contribution < 1.29 is 4.39 Å². The summed E-state index contributed by atoms with van der Waals surface area (Å²) in [6.07, 6.45) is 1.28. The third-order valence-electron chi connectivity index (χ3n) is 0.658. The number of rotatable bonds is 3. The van der Waals surface area contributed by atoms with Gasteiger partial charge in [-0.05, 0) is 6.92 Å². The van der Waals surface area contributed by atoms with Gasteiger partial charge in [-0.25, -0.2) is 4.39 Å². The van der Waals surface area contributed by atoms with Crippen molar-refractivity contribution in [2.45, 2.75) is 6.92 Å². The van der Waals surface area contributed by atoms with Crippen molar-refractivity contribution in [3.63, 3.8) is 0 Å². The van der Waals surface area contributed by atoms with Gasteiger partial charge < -0.3 is 11.1 Å². The molecule has 0 aromatic rings. The van der Waals surface area contributed by atoms with E-state index in [0.717, 1.165) is 6.54 Å². The van der Waals surface area contributed by atoms with Crippen LogP contribution < -0.4 is 11.1 Å². The van der Waals surface area contributed by atoms with E-state index >= 15 is 0 Å². The maximum atomic E-state index is 12.0. The Morgan fingerprint density at radius 1 is 1.88 bits per heavy atom. The highest BCUT2D eigenvalue weighted by atomic mass is 19.1. The Hall–Kier alpha value is -0.570. The summed E-state index contributed by atoms with van der Waals surface area (Å²) in [5.41, 5.74) is 4.93. The van der Waals surface area contributed by atoms with Crippen molar-refractivity contribution in [3.8, 4) is 0 Å². The number of hydrogen-bond acceptors (Lipinski definition) is 2. The molecule has 2 nitrogen and oxygen atoms in total. The summed E-state index contributed by atoms with van der Waals surface area (Å²) >= 11 is 0. The van der Waals surface area contributed by atoms with Crippen LogP contribution in [0, 0.1) is 0 Å². The predicted molar refractivity (Wildman–Crippen MR) is 31.9 cm³/mol. The number of halogens is 1. The van der Waals surface area contributed by atoms with Gasteiger partial charge in [0.15, 0.2) is 0 Å². The molecule has 3 N–H and O–H groups in total. The first-order chi connectivity index (χ1) is 3.81. The Kier molecular flexibility index (Phi) is 4.26. The first kappa shape index (κ1) is 7.43. The summed E-state index contributed by atoms with van der Waals surface area (Å²) in [6, 6.07) is 0. The van der Waals surface area contributed by atoms with E-state index in [1.165, 1.54) is 6.20 Å². The Balaban J connectivity index is 3.26. The largest absolute Gasteiger partial charge is 0.389 e. The molecule has 3 heteroatoms. The molecule has 0 aromatic heterocycles. The monoisotopic (exact) mass is 118 g/mol. The zero-order valence-corrected chi connectivity index (χ0v) is 4.95. The molecule has 0 fully saturated rings. The summed E-state index contributed by atoms with van der Waals surface area (Å²) < 4.78 is 12.0. The third kappa shape index (κ3) is 3.61. The lowest BCUT2D eigenvalue weighted by Gasteiger charge is -1.91. The maximum Gasteiger partial charge on any atom is 0.129 e. The molecule has 0 amide bonds. The minimum atomic E-state index is -0.313. The van der Waals surface area contributed by atoms with Crippen LogP contribution in [-0.4, -0.2) is 13.1 Å². The third-order valence-corrected chi connectivity index (χ3v) is 0.658. The van der Waals surface area contributed by atoms with E-state index in [0.29, 0.717) is 0 Å². The molecule has 0 atom stereocenters. The molecule has 0 heterocycles. The summed E-state index contributed by atoms with van der Waals surface area (Å²) in [5.74, 6) is -0.313. The number of nitrogens with two attached hydrogens (primary N) is 1. The van der Waals surface area contributed by atoms with E-state index in [4.69, 9.17) is 5.73 Å². The first-order valence-electron chi connectivity index (χ1n) is 2.59. The second kappa shape index (κ2) is 4.59. The summed E-state index contributed by atoms with van der Waals surface area (Å²) in [6.45, 7) is 2.60. The molecule has 0 radical (unpaired) electrons. The maximum absolute atomic E-state index is 12.0. The van der Waals surface area contributed by atoms with E-state index in [-0.39, 0.29) is 12.4 Å². The summed E-state index contributed by atoms with van der Waals surface area (Å²) in [7, 11) is 0. The van der Waals surface area contributed by atoms with Gasteiger partial charge in [0.2, 0.25) is 0 Å². The second-order valence-corrected chi connectivity index (χ2v) is 1.35. The Labute approximate surface area is 48.6 Å². The molecule has 0 aromatic carbocycles. The smallest absolute Gasteiger partial charge is 0.129 e. The summed E-state index contributed by atoms with van der Waals surface area (Å²) in [4.78, 5) is 0. The lowest BCUT2D eigenvalue weighted by molar-refractivity contribution is 0.606. The first-order valence-corrected chi connectivity index (χ1v) is 2.59. The minimum absolute atomic E-state index is 0.0208. The SMILES string of the molecule is CCN/C=C(\F)CN. The molecule has 48 valence electrons. The van der Waals surface area contributed by atoms with Crippen molar-refractivity contribution >= 4 is 0 Å².